The Labute approximate surface area is 169 Å². The first-order valence-electron chi connectivity index (χ1n) is 9.06. The number of nitrogens with zero attached hydrogens (tertiary/aromatic N) is 1. The normalized spacial score (nSPS) is 13.9. The van der Waals surface area contributed by atoms with Crippen LogP contribution in [0.15, 0.2) is 29.3 Å². The van der Waals surface area contributed by atoms with E-state index in [1.165, 1.54) is 12.8 Å². The molecule has 142 valence electrons. The fourth-order valence-corrected chi connectivity index (χ4v) is 2.36. The van der Waals surface area contributed by atoms with Gasteiger partial charge in [-0.2, -0.15) is 0 Å². The average molecular weight is 461 g/mol. The molecular formula is C19H32IN3O2. The molecule has 25 heavy (non-hydrogen) atoms. The third-order valence-corrected chi connectivity index (χ3v) is 4.03. The van der Waals surface area contributed by atoms with Crippen LogP contribution in [0.25, 0.3) is 0 Å². The molecule has 0 saturated heterocycles. The predicted octanol–water partition coefficient (Wildman–Crippen LogP) is 3.58. The Balaban J connectivity index is 0.00000312. The van der Waals surface area contributed by atoms with Gasteiger partial charge in [0.1, 0.15) is 5.75 Å². The summed E-state index contributed by atoms with van der Waals surface area (Å²) in [4.78, 5) is 4.27. The number of aliphatic imine (C=N–C) groups is 1. The van der Waals surface area contributed by atoms with Crippen molar-refractivity contribution in [1.82, 2.24) is 10.6 Å². The number of hydrogen-bond donors (Lipinski definition) is 2. The van der Waals surface area contributed by atoms with Gasteiger partial charge in [-0.1, -0.05) is 18.2 Å². The minimum atomic E-state index is 0. The number of nitrogens with one attached hydrogen (secondary N) is 2. The molecule has 2 N–H and O–H groups in total. The summed E-state index contributed by atoms with van der Waals surface area (Å²) in [6.45, 7) is 6.08. The molecule has 0 unspecified atom stereocenters. The summed E-state index contributed by atoms with van der Waals surface area (Å²) in [5.41, 5.74) is 1.16. The van der Waals surface area contributed by atoms with Gasteiger partial charge in [-0.25, -0.2) is 0 Å². The van der Waals surface area contributed by atoms with Gasteiger partial charge in [0.15, 0.2) is 5.96 Å². The van der Waals surface area contributed by atoms with Crippen molar-refractivity contribution in [2.45, 2.75) is 39.2 Å². The summed E-state index contributed by atoms with van der Waals surface area (Å²) >= 11 is 0. The van der Waals surface area contributed by atoms with Gasteiger partial charge < -0.3 is 20.1 Å². The van der Waals surface area contributed by atoms with Crippen LogP contribution < -0.4 is 15.4 Å². The Bertz CT molecular complexity index is 507. The van der Waals surface area contributed by atoms with Crippen molar-refractivity contribution < 1.29 is 9.47 Å². The van der Waals surface area contributed by atoms with Crippen LogP contribution in [0, 0.1) is 5.92 Å². The van der Waals surface area contributed by atoms with E-state index in [1.807, 2.05) is 25.1 Å². The van der Waals surface area contributed by atoms with Gasteiger partial charge in [0, 0.05) is 38.9 Å². The summed E-state index contributed by atoms with van der Waals surface area (Å²) in [6, 6.07) is 8.22. The molecular weight excluding hydrogens is 429 g/mol. The smallest absolute Gasteiger partial charge is 0.191 e. The minimum absolute atomic E-state index is 0. The van der Waals surface area contributed by atoms with Gasteiger partial charge in [-0.3, -0.25) is 4.99 Å². The lowest BCUT2D eigenvalue weighted by Gasteiger charge is -2.14. The standard InChI is InChI=1S/C19H31N3O2.HI/c1-3-23-13-7-6-12-21-19(20-2)22-14-17-8-4-5-9-18(17)24-15-16-10-11-16;/h4-5,8-9,16H,3,6-7,10-15H2,1-2H3,(H2,20,21,22);1H. The van der Waals surface area contributed by atoms with E-state index in [-0.39, 0.29) is 24.0 Å². The Kier molecular flexibility index (Phi) is 11.6. The van der Waals surface area contributed by atoms with Gasteiger partial charge in [0.25, 0.3) is 0 Å². The number of para-hydroxylation sites is 1. The van der Waals surface area contributed by atoms with Gasteiger partial charge in [-0.15, -0.1) is 24.0 Å². The van der Waals surface area contributed by atoms with E-state index in [9.17, 15) is 0 Å². The number of ether oxygens (including phenoxy) is 2. The second kappa shape index (κ2) is 13.2. The van der Waals surface area contributed by atoms with Crippen LogP contribution in [0.1, 0.15) is 38.2 Å². The molecule has 0 aliphatic heterocycles. The number of guanidine groups is 1. The molecule has 1 aliphatic rings. The van der Waals surface area contributed by atoms with E-state index >= 15 is 0 Å². The van der Waals surface area contributed by atoms with E-state index in [0.29, 0.717) is 6.54 Å². The Hall–Kier alpha value is -1.02. The monoisotopic (exact) mass is 461 g/mol. The van der Waals surface area contributed by atoms with Gasteiger partial charge in [-0.05, 0) is 44.6 Å². The summed E-state index contributed by atoms with van der Waals surface area (Å²) in [6.07, 6.45) is 4.75. The third-order valence-electron chi connectivity index (χ3n) is 4.03. The van der Waals surface area contributed by atoms with E-state index in [2.05, 4.69) is 21.7 Å². The Morgan fingerprint density at radius 3 is 2.72 bits per heavy atom. The molecule has 6 heteroatoms. The lowest BCUT2D eigenvalue weighted by atomic mass is 10.2. The van der Waals surface area contributed by atoms with Crippen molar-refractivity contribution in [2.24, 2.45) is 10.9 Å². The second-order valence-electron chi connectivity index (χ2n) is 6.12. The SMILES string of the molecule is CCOCCCCNC(=NC)NCc1ccccc1OCC1CC1.I. The molecule has 0 bridgehead atoms. The summed E-state index contributed by atoms with van der Waals surface area (Å²) < 4.78 is 11.3. The molecule has 0 heterocycles. The quantitative estimate of drug-likeness (QED) is 0.229. The highest BCUT2D eigenvalue weighted by Gasteiger charge is 2.22. The average Bonchev–Trinajstić information content (AvgIpc) is 3.44. The van der Waals surface area contributed by atoms with Crippen molar-refractivity contribution in [3.05, 3.63) is 29.8 Å². The molecule has 2 rings (SSSR count). The first-order valence-corrected chi connectivity index (χ1v) is 9.06. The number of rotatable bonds is 11. The minimum Gasteiger partial charge on any atom is -0.493 e. The van der Waals surface area contributed by atoms with Crippen LogP contribution in [-0.2, 0) is 11.3 Å². The van der Waals surface area contributed by atoms with Crippen LogP contribution in [-0.4, -0.2) is 39.4 Å². The Morgan fingerprint density at radius 1 is 1.20 bits per heavy atom. The molecule has 0 radical (unpaired) electrons. The maximum Gasteiger partial charge on any atom is 0.191 e. The highest BCUT2D eigenvalue weighted by atomic mass is 127. The van der Waals surface area contributed by atoms with Crippen molar-refractivity contribution >= 4 is 29.9 Å². The summed E-state index contributed by atoms with van der Waals surface area (Å²) in [5, 5.41) is 6.70. The van der Waals surface area contributed by atoms with Crippen molar-refractivity contribution in [3.8, 4) is 5.75 Å². The predicted molar refractivity (Wildman–Crippen MR) is 114 cm³/mol. The van der Waals surface area contributed by atoms with Gasteiger partial charge in [0.05, 0.1) is 6.61 Å². The molecule has 1 aromatic rings. The van der Waals surface area contributed by atoms with E-state index in [0.717, 1.165) is 62.4 Å². The van der Waals surface area contributed by atoms with Crippen LogP contribution in [0.3, 0.4) is 0 Å². The molecule has 1 aromatic carbocycles. The molecule has 5 nitrogen and oxygen atoms in total. The van der Waals surface area contributed by atoms with Gasteiger partial charge in [0.2, 0.25) is 0 Å². The van der Waals surface area contributed by atoms with Crippen LogP contribution >= 0.6 is 24.0 Å². The van der Waals surface area contributed by atoms with Crippen LogP contribution in [0.5, 0.6) is 5.75 Å². The van der Waals surface area contributed by atoms with Crippen molar-refractivity contribution in [1.29, 1.82) is 0 Å². The van der Waals surface area contributed by atoms with Crippen molar-refractivity contribution in [2.75, 3.05) is 33.4 Å². The lowest BCUT2D eigenvalue weighted by molar-refractivity contribution is 0.143. The summed E-state index contributed by atoms with van der Waals surface area (Å²) in [5.74, 6) is 2.56. The van der Waals surface area contributed by atoms with Gasteiger partial charge >= 0.3 is 0 Å². The first-order chi connectivity index (χ1) is 11.8. The third kappa shape index (κ3) is 9.30. The lowest BCUT2D eigenvalue weighted by Crippen LogP contribution is -2.37. The Morgan fingerprint density at radius 2 is 2.00 bits per heavy atom. The topological polar surface area (TPSA) is 54.9 Å². The zero-order valence-corrected chi connectivity index (χ0v) is 17.8. The summed E-state index contributed by atoms with van der Waals surface area (Å²) in [7, 11) is 1.80. The highest BCUT2D eigenvalue weighted by Crippen LogP contribution is 2.30. The van der Waals surface area contributed by atoms with Crippen molar-refractivity contribution in [3.63, 3.8) is 0 Å². The second-order valence-corrected chi connectivity index (χ2v) is 6.12. The number of halogens is 1. The largest absolute Gasteiger partial charge is 0.493 e. The number of hydrogen-bond acceptors (Lipinski definition) is 3. The maximum atomic E-state index is 5.95. The molecule has 1 fully saturated rings. The van der Waals surface area contributed by atoms with Crippen LogP contribution in [0.4, 0.5) is 0 Å². The molecule has 1 saturated carbocycles. The van der Waals surface area contributed by atoms with E-state index in [4.69, 9.17) is 9.47 Å². The molecule has 0 atom stereocenters. The first kappa shape index (κ1) is 22.0. The fourth-order valence-electron chi connectivity index (χ4n) is 2.36. The zero-order chi connectivity index (χ0) is 17.0. The molecule has 0 amide bonds. The molecule has 0 spiro atoms. The van der Waals surface area contributed by atoms with E-state index in [1.54, 1.807) is 7.05 Å². The fraction of sp³-hybridized carbons (Fsp3) is 0.632. The molecule has 1 aliphatic carbocycles. The number of benzene rings is 1. The van der Waals surface area contributed by atoms with E-state index < -0.39 is 0 Å². The molecule has 0 aromatic heterocycles. The van der Waals surface area contributed by atoms with Crippen LogP contribution in [0.2, 0.25) is 0 Å². The zero-order valence-electron chi connectivity index (χ0n) is 15.4. The number of unbranched alkanes of at least 4 members (excludes halogenated alkanes) is 1. The highest BCUT2D eigenvalue weighted by molar-refractivity contribution is 14.0. The maximum absolute atomic E-state index is 5.95.